The number of nitrogens with zero attached hydrogens (tertiary/aromatic N) is 2. The number of ether oxygens (including phenoxy) is 3. The standard InChI is InChI=1S/C32H36N2O6S/c1-22-8-10-24(11-9-22)31(36)34(21-29(35)33-16-18-39-19-17-33)27-20-28(41-30(27)32(37)38-2)23-12-14-26(15-13-23)40-25-6-4-3-5-7-25/h3-7,12-15,20,22,24H,8-11,16-19,21H2,1-2H3/t22-,24-. The van der Waals surface area contributed by atoms with Gasteiger partial charge in [-0.3, -0.25) is 9.59 Å². The van der Waals surface area contributed by atoms with Crippen LogP contribution in [0.15, 0.2) is 60.7 Å². The monoisotopic (exact) mass is 576 g/mol. The molecule has 1 aliphatic heterocycles. The minimum atomic E-state index is -0.533. The highest BCUT2D eigenvalue weighted by Crippen LogP contribution is 2.40. The number of carbonyl (C=O) groups is 3. The van der Waals surface area contributed by atoms with Gasteiger partial charge in [0.25, 0.3) is 0 Å². The second-order valence-corrected chi connectivity index (χ2v) is 11.7. The smallest absolute Gasteiger partial charge is 0.350 e. The summed E-state index contributed by atoms with van der Waals surface area (Å²) in [6, 6.07) is 18.9. The van der Waals surface area contributed by atoms with Gasteiger partial charge in [0.15, 0.2) is 0 Å². The van der Waals surface area contributed by atoms with Crippen molar-refractivity contribution >= 4 is 34.8 Å². The summed E-state index contributed by atoms with van der Waals surface area (Å²) in [5, 5.41) is 0. The molecule has 41 heavy (non-hydrogen) atoms. The third-order valence-electron chi connectivity index (χ3n) is 7.78. The van der Waals surface area contributed by atoms with Gasteiger partial charge in [-0.05, 0) is 79.6 Å². The van der Waals surface area contributed by atoms with Crippen molar-refractivity contribution in [2.24, 2.45) is 11.8 Å². The maximum Gasteiger partial charge on any atom is 0.350 e. The molecular formula is C32H36N2O6S. The van der Waals surface area contributed by atoms with E-state index in [0.717, 1.165) is 41.9 Å². The van der Waals surface area contributed by atoms with Crippen LogP contribution in [0, 0.1) is 11.8 Å². The summed E-state index contributed by atoms with van der Waals surface area (Å²) in [5.41, 5.74) is 1.29. The second-order valence-electron chi connectivity index (χ2n) is 10.6. The summed E-state index contributed by atoms with van der Waals surface area (Å²) in [6.45, 7) is 3.99. The Morgan fingerprint density at radius 2 is 1.61 bits per heavy atom. The molecule has 0 bridgehead atoms. The first-order valence-corrected chi connectivity index (χ1v) is 15.0. The van der Waals surface area contributed by atoms with Crippen LogP contribution in [0.1, 0.15) is 42.3 Å². The van der Waals surface area contributed by atoms with Gasteiger partial charge in [0, 0.05) is 23.9 Å². The zero-order chi connectivity index (χ0) is 28.8. The summed E-state index contributed by atoms with van der Waals surface area (Å²) in [4.78, 5) is 44.7. The van der Waals surface area contributed by atoms with Crippen LogP contribution in [-0.4, -0.2) is 62.6 Å². The van der Waals surface area contributed by atoms with Crippen LogP contribution in [-0.2, 0) is 19.1 Å². The SMILES string of the molecule is COC(=O)c1sc(-c2ccc(Oc3ccccc3)cc2)cc1N(CC(=O)N1CCOCC1)C(=O)[C@H]1CC[C@H](C)CC1. The van der Waals surface area contributed by atoms with Crippen LogP contribution in [0.25, 0.3) is 10.4 Å². The lowest BCUT2D eigenvalue weighted by Gasteiger charge is -2.33. The van der Waals surface area contributed by atoms with E-state index in [1.54, 1.807) is 4.90 Å². The number of benzene rings is 2. The van der Waals surface area contributed by atoms with Gasteiger partial charge in [-0.25, -0.2) is 4.79 Å². The van der Waals surface area contributed by atoms with E-state index in [0.29, 0.717) is 48.5 Å². The summed E-state index contributed by atoms with van der Waals surface area (Å²) >= 11 is 1.26. The predicted octanol–water partition coefficient (Wildman–Crippen LogP) is 6.01. The van der Waals surface area contributed by atoms with E-state index in [4.69, 9.17) is 14.2 Å². The Labute approximate surface area is 244 Å². The lowest BCUT2D eigenvalue weighted by Crippen LogP contribution is -2.49. The van der Waals surface area contributed by atoms with Gasteiger partial charge in [-0.1, -0.05) is 25.1 Å². The summed E-state index contributed by atoms with van der Waals surface area (Å²) in [7, 11) is 1.33. The number of hydrogen-bond donors (Lipinski definition) is 0. The van der Waals surface area contributed by atoms with Crippen molar-refractivity contribution in [1.29, 1.82) is 0 Å². The van der Waals surface area contributed by atoms with Gasteiger partial charge in [-0.2, -0.15) is 0 Å². The molecule has 0 atom stereocenters. The van der Waals surface area contributed by atoms with Gasteiger partial charge in [0.05, 0.1) is 26.0 Å². The zero-order valence-corrected chi connectivity index (χ0v) is 24.4. The van der Waals surface area contributed by atoms with Gasteiger partial charge in [0.1, 0.15) is 22.9 Å². The molecule has 2 aromatic carbocycles. The van der Waals surface area contributed by atoms with Crippen LogP contribution in [0.3, 0.4) is 0 Å². The van der Waals surface area contributed by atoms with E-state index in [1.165, 1.54) is 23.3 Å². The van der Waals surface area contributed by atoms with E-state index < -0.39 is 5.97 Å². The predicted molar refractivity (Wildman–Crippen MR) is 158 cm³/mol. The fourth-order valence-corrected chi connectivity index (χ4v) is 6.42. The number of carbonyl (C=O) groups excluding carboxylic acids is 3. The molecule has 2 aliphatic rings. The molecule has 216 valence electrons. The van der Waals surface area contributed by atoms with Crippen LogP contribution < -0.4 is 9.64 Å². The van der Waals surface area contributed by atoms with Crippen LogP contribution in [0.4, 0.5) is 5.69 Å². The van der Waals surface area contributed by atoms with E-state index in [1.807, 2.05) is 60.7 Å². The molecule has 1 saturated carbocycles. The van der Waals surface area contributed by atoms with E-state index in [2.05, 4.69) is 6.92 Å². The Kier molecular flexibility index (Phi) is 9.36. The van der Waals surface area contributed by atoms with Crippen molar-refractivity contribution in [2.45, 2.75) is 32.6 Å². The molecule has 1 aliphatic carbocycles. The van der Waals surface area contributed by atoms with E-state index in [9.17, 15) is 14.4 Å². The van der Waals surface area contributed by atoms with Crippen LogP contribution in [0.5, 0.6) is 11.5 Å². The molecule has 9 heteroatoms. The number of thiophene rings is 1. The van der Waals surface area contributed by atoms with Gasteiger partial charge >= 0.3 is 5.97 Å². The Balaban J connectivity index is 1.46. The Bertz CT molecular complexity index is 1340. The minimum Gasteiger partial charge on any atom is -0.465 e. The molecule has 2 fully saturated rings. The molecule has 3 aromatic rings. The quantitative estimate of drug-likeness (QED) is 0.305. The van der Waals surface area contributed by atoms with Crippen molar-refractivity contribution in [2.75, 3.05) is 44.9 Å². The number of morpholine rings is 1. The van der Waals surface area contributed by atoms with E-state index >= 15 is 0 Å². The molecule has 2 heterocycles. The first-order chi connectivity index (χ1) is 19.9. The molecule has 2 amide bonds. The normalized spacial score (nSPS) is 18.9. The second kappa shape index (κ2) is 13.3. The molecule has 0 spiro atoms. The molecule has 8 nitrogen and oxygen atoms in total. The Hall–Kier alpha value is -3.69. The maximum atomic E-state index is 14.0. The number of rotatable bonds is 8. The van der Waals surface area contributed by atoms with Crippen molar-refractivity contribution < 1.29 is 28.6 Å². The minimum absolute atomic E-state index is 0.111. The Morgan fingerprint density at radius 1 is 0.951 bits per heavy atom. The lowest BCUT2D eigenvalue weighted by molar-refractivity contribution is -0.135. The number of para-hydroxylation sites is 1. The van der Waals surface area contributed by atoms with Crippen molar-refractivity contribution in [1.82, 2.24) is 4.90 Å². The molecule has 0 radical (unpaired) electrons. The van der Waals surface area contributed by atoms with Crippen molar-refractivity contribution in [3.8, 4) is 21.9 Å². The van der Waals surface area contributed by atoms with Gasteiger partial charge in [-0.15, -0.1) is 11.3 Å². The summed E-state index contributed by atoms with van der Waals surface area (Å²) in [6.07, 6.45) is 3.49. The molecule has 1 aromatic heterocycles. The molecule has 1 saturated heterocycles. The fraction of sp³-hybridized carbons (Fsp3) is 0.406. The largest absolute Gasteiger partial charge is 0.465 e. The lowest BCUT2D eigenvalue weighted by atomic mass is 9.82. The first kappa shape index (κ1) is 28.8. The van der Waals surface area contributed by atoms with Gasteiger partial charge in [0.2, 0.25) is 11.8 Å². The molecular weight excluding hydrogens is 540 g/mol. The average Bonchev–Trinajstić information content (AvgIpc) is 3.46. The first-order valence-electron chi connectivity index (χ1n) is 14.2. The third kappa shape index (κ3) is 6.97. The molecule has 0 unspecified atom stereocenters. The summed E-state index contributed by atoms with van der Waals surface area (Å²) in [5.74, 6) is 1.01. The number of methoxy groups -OCH3 is 1. The summed E-state index contributed by atoms with van der Waals surface area (Å²) < 4.78 is 16.5. The third-order valence-corrected chi connectivity index (χ3v) is 8.93. The van der Waals surface area contributed by atoms with Gasteiger partial charge < -0.3 is 24.0 Å². The highest BCUT2D eigenvalue weighted by Gasteiger charge is 2.34. The highest BCUT2D eigenvalue weighted by atomic mass is 32.1. The number of esters is 1. The highest BCUT2D eigenvalue weighted by molar-refractivity contribution is 7.18. The molecule has 5 rings (SSSR count). The zero-order valence-electron chi connectivity index (χ0n) is 23.5. The van der Waals surface area contributed by atoms with Crippen molar-refractivity contribution in [3.63, 3.8) is 0 Å². The topological polar surface area (TPSA) is 85.4 Å². The number of amides is 2. The fourth-order valence-electron chi connectivity index (χ4n) is 5.33. The van der Waals surface area contributed by atoms with Crippen LogP contribution >= 0.6 is 11.3 Å². The number of anilines is 1. The average molecular weight is 577 g/mol. The Morgan fingerprint density at radius 3 is 2.27 bits per heavy atom. The molecule has 0 N–H and O–H groups in total. The van der Waals surface area contributed by atoms with Crippen molar-refractivity contribution in [3.05, 3.63) is 65.5 Å². The number of hydrogen-bond acceptors (Lipinski definition) is 7. The van der Waals surface area contributed by atoms with E-state index in [-0.39, 0.29) is 24.3 Å². The maximum absolute atomic E-state index is 14.0. The van der Waals surface area contributed by atoms with Crippen LogP contribution in [0.2, 0.25) is 0 Å².